The van der Waals surface area contributed by atoms with Gasteiger partial charge in [-0.2, -0.15) is 0 Å². The average Bonchev–Trinajstić information content (AvgIpc) is 3.10. The van der Waals surface area contributed by atoms with E-state index in [0.717, 1.165) is 0 Å². The topological polar surface area (TPSA) is 81.2 Å². The number of methoxy groups -OCH3 is 1. The highest BCUT2D eigenvalue weighted by molar-refractivity contribution is 7.15. The number of amides is 1. The molecular weight excluding hydrogens is 326 g/mol. The van der Waals surface area contributed by atoms with Gasteiger partial charge in [0.05, 0.1) is 12.7 Å². The SMILES string of the molecule is COC(=O)c1ccc(C(=O)Nc2ncc(C3CCCCC3)s2)cn1. The standard InChI is InChI=1S/C17H19N3O3S/c1-23-16(22)13-8-7-12(9-18-13)15(21)20-17-19-10-14(24-17)11-5-3-2-4-6-11/h7-11H,2-6H2,1H3,(H,19,20,21). The molecule has 6 nitrogen and oxygen atoms in total. The van der Waals surface area contributed by atoms with Crippen LogP contribution in [0.4, 0.5) is 5.13 Å². The summed E-state index contributed by atoms with van der Waals surface area (Å²) in [7, 11) is 1.29. The molecule has 0 aromatic carbocycles. The number of pyridine rings is 1. The third-order valence-electron chi connectivity index (χ3n) is 4.17. The molecule has 0 saturated heterocycles. The van der Waals surface area contributed by atoms with Crippen LogP contribution in [-0.4, -0.2) is 29.0 Å². The number of carbonyl (C=O) groups excluding carboxylic acids is 2. The first-order valence-electron chi connectivity index (χ1n) is 7.99. The molecule has 1 N–H and O–H groups in total. The predicted octanol–water partition coefficient (Wildman–Crippen LogP) is 3.62. The zero-order valence-corrected chi connectivity index (χ0v) is 14.3. The van der Waals surface area contributed by atoms with E-state index in [2.05, 4.69) is 20.0 Å². The van der Waals surface area contributed by atoms with Crippen molar-refractivity contribution in [1.29, 1.82) is 0 Å². The van der Waals surface area contributed by atoms with Crippen LogP contribution in [0, 0.1) is 0 Å². The molecule has 0 atom stereocenters. The van der Waals surface area contributed by atoms with Crippen LogP contribution in [-0.2, 0) is 4.74 Å². The molecule has 7 heteroatoms. The van der Waals surface area contributed by atoms with Crippen molar-refractivity contribution in [3.8, 4) is 0 Å². The summed E-state index contributed by atoms with van der Waals surface area (Å²) in [4.78, 5) is 33.1. The Hall–Kier alpha value is -2.28. The molecule has 1 fully saturated rings. The van der Waals surface area contributed by atoms with Crippen LogP contribution in [0.25, 0.3) is 0 Å². The van der Waals surface area contributed by atoms with Crippen molar-refractivity contribution in [2.24, 2.45) is 0 Å². The largest absolute Gasteiger partial charge is 0.464 e. The summed E-state index contributed by atoms with van der Waals surface area (Å²) in [5.74, 6) is -0.245. The van der Waals surface area contributed by atoms with E-state index < -0.39 is 5.97 Å². The quantitative estimate of drug-likeness (QED) is 0.856. The van der Waals surface area contributed by atoms with Crippen LogP contribution < -0.4 is 5.32 Å². The second kappa shape index (κ2) is 7.53. The maximum absolute atomic E-state index is 12.2. The molecular formula is C17H19N3O3S. The molecule has 2 heterocycles. The molecule has 1 amide bonds. The van der Waals surface area contributed by atoms with Crippen molar-refractivity contribution in [3.63, 3.8) is 0 Å². The van der Waals surface area contributed by atoms with Gasteiger partial charge in [0.2, 0.25) is 0 Å². The highest BCUT2D eigenvalue weighted by Crippen LogP contribution is 2.36. The van der Waals surface area contributed by atoms with Gasteiger partial charge < -0.3 is 4.74 Å². The Morgan fingerprint density at radius 2 is 1.96 bits per heavy atom. The number of anilines is 1. The van der Waals surface area contributed by atoms with E-state index in [-0.39, 0.29) is 11.6 Å². The molecule has 1 saturated carbocycles. The minimum atomic E-state index is -0.529. The first-order valence-corrected chi connectivity index (χ1v) is 8.80. The van der Waals surface area contributed by atoms with E-state index in [0.29, 0.717) is 16.6 Å². The van der Waals surface area contributed by atoms with Gasteiger partial charge in [-0.15, -0.1) is 11.3 Å². The summed E-state index contributed by atoms with van der Waals surface area (Å²) in [6.07, 6.45) is 9.48. The summed E-state index contributed by atoms with van der Waals surface area (Å²) in [6.45, 7) is 0. The van der Waals surface area contributed by atoms with Gasteiger partial charge in [0.25, 0.3) is 5.91 Å². The number of thiazole rings is 1. The number of aromatic nitrogens is 2. The van der Waals surface area contributed by atoms with Crippen molar-refractivity contribution in [2.45, 2.75) is 38.0 Å². The van der Waals surface area contributed by atoms with Crippen LogP contribution in [0.2, 0.25) is 0 Å². The molecule has 3 rings (SSSR count). The molecule has 0 radical (unpaired) electrons. The number of esters is 1. The van der Waals surface area contributed by atoms with Gasteiger partial charge in [-0.3, -0.25) is 10.1 Å². The summed E-state index contributed by atoms with van der Waals surface area (Å²) in [5, 5.41) is 3.39. The Bertz CT molecular complexity index is 721. The molecule has 1 aliphatic rings. The van der Waals surface area contributed by atoms with Crippen LogP contribution in [0.3, 0.4) is 0 Å². The molecule has 1 aliphatic carbocycles. The number of nitrogens with one attached hydrogen (secondary N) is 1. The number of hydrogen-bond acceptors (Lipinski definition) is 6. The predicted molar refractivity (Wildman–Crippen MR) is 91.5 cm³/mol. The second-order valence-electron chi connectivity index (χ2n) is 5.78. The second-order valence-corrected chi connectivity index (χ2v) is 6.84. The highest BCUT2D eigenvalue weighted by Gasteiger charge is 2.19. The van der Waals surface area contributed by atoms with Crippen LogP contribution in [0.1, 0.15) is 63.7 Å². The molecule has 2 aromatic heterocycles. The average molecular weight is 345 g/mol. The summed E-state index contributed by atoms with van der Waals surface area (Å²) in [5.41, 5.74) is 0.542. The summed E-state index contributed by atoms with van der Waals surface area (Å²) >= 11 is 1.54. The number of ether oxygens (including phenoxy) is 1. The first-order chi connectivity index (χ1) is 11.7. The van der Waals surface area contributed by atoms with Crippen molar-refractivity contribution >= 4 is 28.3 Å². The Labute approximate surface area is 144 Å². The van der Waals surface area contributed by atoms with E-state index in [1.54, 1.807) is 6.07 Å². The number of carbonyl (C=O) groups is 2. The number of hydrogen-bond donors (Lipinski definition) is 1. The molecule has 0 bridgehead atoms. The Balaban J connectivity index is 1.64. The lowest BCUT2D eigenvalue weighted by Crippen LogP contribution is -2.13. The monoisotopic (exact) mass is 345 g/mol. The van der Waals surface area contributed by atoms with Crippen LogP contribution in [0.5, 0.6) is 0 Å². The molecule has 0 aliphatic heterocycles. The van der Waals surface area contributed by atoms with Gasteiger partial charge in [-0.25, -0.2) is 14.8 Å². The van der Waals surface area contributed by atoms with E-state index in [1.165, 1.54) is 67.7 Å². The Kier molecular flexibility index (Phi) is 5.20. The fourth-order valence-electron chi connectivity index (χ4n) is 2.84. The normalized spacial score (nSPS) is 15.0. The van der Waals surface area contributed by atoms with E-state index in [1.807, 2.05) is 6.20 Å². The third-order valence-corrected chi connectivity index (χ3v) is 5.25. The Morgan fingerprint density at radius 3 is 2.62 bits per heavy atom. The zero-order valence-electron chi connectivity index (χ0n) is 13.4. The smallest absolute Gasteiger partial charge is 0.356 e. The van der Waals surface area contributed by atoms with Crippen molar-refractivity contribution < 1.29 is 14.3 Å². The molecule has 0 unspecified atom stereocenters. The van der Waals surface area contributed by atoms with Gasteiger partial charge >= 0.3 is 5.97 Å². The van der Waals surface area contributed by atoms with E-state index in [4.69, 9.17) is 0 Å². The van der Waals surface area contributed by atoms with Crippen LogP contribution >= 0.6 is 11.3 Å². The fraction of sp³-hybridized carbons (Fsp3) is 0.412. The Morgan fingerprint density at radius 1 is 1.17 bits per heavy atom. The maximum Gasteiger partial charge on any atom is 0.356 e. The minimum Gasteiger partial charge on any atom is -0.464 e. The molecule has 2 aromatic rings. The zero-order chi connectivity index (χ0) is 16.9. The summed E-state index contributed by atoms with van der Waals surface area (Å²) in [6, 6.07) is 3.01. The third kappa shape index (κ3) is 3.79. The lowest BCUT2D eigenvalue weighted by Gasteiger charge is -2.19. The first kappa shape index (κ1) is 16.6. The van der Waals surface area contributed by atoms with Crippen molar-refractivity contribution in [3.05, 3.63) is 40.7 Å². The van der Waals surface area contributed by atoms with Gasteiger partial charge in [-0.05, 0) is 30.9 Å². The van der Waals surface area contributed by atoms with Gasteiger partial charge in [0.1, 0.15) is 5.69 Å². The molecule has 24 heavy (non-hydrogen) atoms. The van der Waals surface area contributed by atoms with E-state index >= 15 is 0 Å². The van der Waals surface area contributed by atoms with Crippen LogP contribution in [0.15, 0.2) is 24.5 Å². The lowest BCUT2D eigenvalue weighted by atomic mass is 9.89. The van der Waals surface area contributed by atoms with Crippen molar-refractivity contribution in [1.82, 2.24) is 9.97 Å². The van der Waals surface area contributed by atoms with Crippen molar-refractivity contribution in [2.75, 3.05) is 12.4 Å². The van der Waals surface area contributed by atoms with E-state index in [9.17, 15) is 9.59 Å². The highest BCUT2D eigenvalue weighted by atomic mass is 32.1. The van der Waals surface area contributed by atoms with Gasteiger partial charge in [0.15, 0.2) is 5.13 Å². The molecule has 0 spiro atoms. The number of rotatable bonds is 4. The van der Waals surface area contributed by atoms with Gasteiger partial charge in [0, 0.05) is 17.3 Å². The molecule has 126 valence electrons. The maximum atomic E-state index is 12.2. The van der Waals surface area contributed by atoms with Gasteiger partial charge in [-0.1, -0.05) is 19.3 Å². The lowest BCUT2D eigenvalue weighted by molar-refractivity contribution is 0.0593. The number of nitrogens with zero attached hydrogens (tertiary/aromatic N) is 2. The summed E-state index contributed by atoms with van der Waals surface area (Å²) < 4.78 is 4.58. The fourth-order valence-corrected chi connectivity index (χ4v) is 3.82. The minimum absolute atomic E-state index is 0.169.